The highest BCUT2D eigenvalue weighted by Gasteiger charge is 2.14. The Hall–Kier alpha value is -2.11. The van der Waals surface area contributed by atoms with E-state index in [2.05, 4.69) is 11.9 Å². The minimum atomic E-state index is -0.423. The number of rotatable bonds is 5. The summed E-state index contributed by atoms with van der Waals surface area (Å²) >= 11 is 6.39. The molecule has 0 aliphatic rings. The van der Waals surface area contributed by atoms with Crippen molar-refractivity contribution >= 4 is 33.3 Å². The molecule has 0 saturated carbocycles. The fraction of sp³-hybridized carbons (Fsp3) is 0.368. The number of nitrogens with two attached hydrogens (primary N) is 1. The molecule has 5 nitrogen and oxygen atoms in total. The second-order valence-corrected chi connectivity index (χ2v) is 7.08. The van der Waals surface area contributed by atoms with Gasteiger partial charge in [-0.2, -0.15) is 0 Å². The van der Waals surface area contributed by atoms with Crippen LogP contribution in [0.15, 0.2) is 33.6 Å². The van der Waals surface area contributed by atoms with Gasteiger partial charge < -0.3 is 14.9 Å². The Morgan fingerprint density at radius 2 is 2.00 bits per heavy atom. The quantitative estimate of drug-likeness (QED) is 0.548. The van der Waals surface area contributed by atoms with Crippen molar-refractivity contribution in [1.82, 2.24) is 4.98 Å². The molecule has 2 heterocycles. The summed E-state index contributed by atoms with van der Waals surface area (Å²) in [5.41, 5.74) is 6.66. The molecule has 0 spiro atoms. The van der Waals surface area contributed by atoms with E-state index in [4.69, 9.17) is 26.5 Å². The fourth-order valence-electron chi connectivity index (χ4n) is 2.98. The highest BCUT2D eigenvalue weighted by Crippen LogP contribution is 2.33. The summed E-state index contributed by atoms with van der Waals surface area (Å²) in [4.78, 5) is 16.4. The number of fused-ring (bicyclic) bond motifs is 3. The lowest BCUT2D eigenvalue weighted by Crippen LogP contribution is -2.21. The van der Waals surface area contributed by atoms with Crippen LogP contribution in [-0.2, 0) is 0 Å². The van der Waals surface area contributed by atoms with Crippen LogP contribution in [0.5, 0.6) is 5.75 Å². The third-order valence-corrected chi connectivity index (χ3v) is 4.38. The minimum Gasteiger partial charge on any atom is -0.492 e. The number of aromatic nitrogens is 1. The van der Waals surface area contributed by atoms with Crippen LogP contribution in [0, 0.1) is 12.8 Å². The van der Waals surface area contributed by atoms with Gasteiger partial charge in [0.15, 0.2) is 0 Å². The van der Waals surface area contributed by atoms with Crippen molar-refractivity contribution in [2.24, 2.45) is 11.7 Å². The predicted molar refractivity (Wildman–Crippen MR) is 100 cm³/mol. The second-order valence-electron chi connectivity index (χ2n) is 6.67. The minimum absolute atomic E-state index is 0.118. The average molecular weight is 361 g/mol. The number of nitrogens with zero attached hydrogens (tertiary/aromatic N) is 1. The number of aryl methyl sites for hydroxylation is 1. The molecule has 0 radical (unpaired) electrons. The molecule has 2 aromatic heterocycles. The van der Waals surface area contributed by atoms with Crippen LogP contribution in [0.3, 0.4) is 0 Å². The largest absolute Gasteiger partial charge is 0.492 e. The molecule has 0 saturated heterocycles. The Balaban J connectivity index is 2.02. The lowest BCUT2D eigenvalue weighted by Gasteiger charge is -2.16. The van der Waals surface area contributed by atoms with Crippen LogP contribution in [0.1, 0.15) is 26.0 Å². The zero-order valence-corrected chi connectivity index (χ0v) is 15.3. The van der Waals surface area contributed by atoms with E-state index in [-0.39, 0.29) is 6.04 Å². The molecule has 3 rings (SSSR count). The van der Waals surface area contributed by atoms with Gasteiger partial charge in [-0.3, -0.25) is 4.98 Å². The standard InChI is InChI=1S/C19H21ClN2O3/c1-10(4-11(2)21)9-24-18-7-17-14(6-16(18)20)13-5-12(3)22-8-15(13)19(23)25-17/h5-8,10-11H,4,9,21H2,1-3H3. The molecule has 3 aromatic rings. The smallest absolute Gasteiger partial charge is 0.345 e. The SMILES string of the molecule is Cc1cc2c(cn1)c(=O)oc1cc(OCC(C)CC(C)N)c(Cl)cc12. The maximum Gasteiger partial charge on any atom is 0.345 e. The molecule has 2 atom stereocenters. The third-order valence-electron chi connectivity index (χ3n) is 4.09. The zero-order valence-electron chi connectivity index (χ0n) is 14.5. The van der Waals surface area contributed by atoms with Gasteiger partial charge in [0.05, 0.1) is 17.0 Å². The van der Waals surface area contributed by atoms with Crippen LogP contribution < -0.4 is 16.1 Å². The van der Waals surface area contributed by atoms with Crippen molar-refractivity contribution in [1.29, 1.82) is 0 Å². The first-order valence-electron chi connectivity index (χ1n) is 8.26. The number of benzene rings is 1. The first-order chi connectivity index (χ1) is 11.8. The van der Waals surface area contributed by atoms with Gasteiger partial charge in [-0.25, -0.2) is 4.79 Å². The molecule has 1 aromatic carbocycles. The summed E-state index contributed by atoms with van der Waals surface area (Å²) in [5.74, 6) is 0.795. The second kappa shape index (κ2) is 7.02. The van der Waals surface area contributed by atoms with Gasteiger partial charge >= 0.3 is 5.63 Å². The van der Waals surface area contributed by atoms with Crippen LogP contribution >= 0.6 is 11.6 Å². The van der Waals surface area contributed by atoms with Crippen molar-refractivity contribution in [3.05, 3.63) is 45.5 Å². The molecule has 6 heteroatoms. The van der Waals surface area contributed by atoms with Crippen molar-refractivity contribution in [2.75, 3.05) is 6.61 Å². The third kappa shape index (κ3) is 3.78. The molecule has 0 bridgehead atoms. The van der Waals surface area contributed by atoms with Gasteiger partial charge in [-0.1, -0.05) is 18.5 Å². The molecule has 0 aliphatic carbocycles. The molecule has 25 heavy (non-hydrogen) atoms. The normalized spacial score (nSPS) is 14.0. The van der Waals surface area contributed by atoms with E-state index in [1.54, 1.807) is 12.1 Å². The highest BCUT2D eigenvalue weighted by atomic mass is 35.5. The highest BCUT2D eigenvalue weighted by molar-refractivity contribution is 6.33. The summed E-state index contributed by atoms with van der Waals surface area (Å²) in [7, 11) is 0. The number of hydrogen-bond donors (Lipinski definition) is 1. The number of ether oxygens (including phenoxy) is 1. The van der Waals surface area contributed by atoms with E-state index in [9.17, 15) is 4.79 Å². The lowest BCUT2D eigenvalue weighted by atomic mass is 10.0. The Morgan fingerprint density at radius 3 is 2.72 bits per heavy atom. The van der Waals surface area contributed by atoms with Gasteiger partial charge in [0.25, 0.3) is 0 Å². The zero-order chi connectivity index (χ0) is 18.1. The predicted octanol–water partition coefficient (Wildman–Crippen LogP) is 4.06. The topological polar surface area (TPSA) is 78.3 Å². The summed E-state index contributed by atoms with van der Waals surface area (Å²) in [6.45, 7) is 6.41. The molecule has 0 amide bonds. The van der Waals surface area contributed by atoms with Crippen molar-refractivity contribution in [2.45, 2.75) is 33.2 Å². The summed E-state index contributed by atoms with van der Waals surface area (Å²) < 4.78 is 11.2. The molecular formula is C19H21ClN2O3. The molecule has 132 valence electrons. The molecule has 0 aliphatic heterocycles. The Morgan fingerprint density at radius 1 is 1.24 bits per heavy atom. The van der Waals surface area contributed by atoms with Crippen molar-refractivity contribution in [3.63, 3.8) is 0 Å². The van der Waals surface area contributed by atoms with E-state index in [1.165, 1.54) is 6.20 Å². The Kier molecular flexibility index (Phi) is 4.97. The summed E-state index contributed by atoms with van der Waals surface area (Å²) in [5, 5.41) is 2.46. The first kappa shape index (κ1) is 17.7. The maximum atomic E-state index is 12.2. The molecule has 2 N–H and O–H groups in total. The van der Waals surface area contributed by atoms with Gasteiger partial charge in [0.2, 0.25) is 0 Å². The van der Waals surface area contributed by atoms with Crippen LogP contribution in [0.4, 0.5) is 0 Å². The summed E-state index contributed by atoms with van der Waals surface area (Å²) in [6.07, 6.45) is 2.39. The van der Waals surface area contributed by atoms with Crippen molar-refractivity contribution in [3.8, 4) is 5.75 Å². The Labute approximate surface area is 150 Å². The number of hydrogen-bond acceptors (Lipinski definition) is 5. The van der Waals surface area contributed by atoms with E-state index >= 15 is 0 Å². The fourth-order valence-corrected chi connectivity index (χ4v) is 3.19. The van der Waals surface area contributed by atoms with Gasteiger partial charge in [0, 0.05) is 34.8 Å². The first-order valence-corrected chi connectivity index (χ1v) is 8.64. The van der Waals surface area contributed by atoms with Crippen LogP contribution in [0.2, 0.25) is 5.02 Å². The van der Waals surface area contributed by atoms with E-state index in [0.717, 1.165) is 22.9 Å². The van der Waals surface area contributed by atoms with Gasteiger partial charge in [-0.15, -0.1) is 0 Å². The lowest BCUT2D eigenvalue weighted by molar-refractivity contribution is 0.246. The Bertz CT molecular complexity index is 982. The van der Waals surface area contributed by atoms with Gasteiger partial charge in [0.1, 0.15) is 11.3 Å². The molecule has 0 fully saturated rings. The molecular weight excluding hydrogens is 340 g/mol. The molecule has 2 unspecified atom stereocenters. The monoisotopic (exact) mass is 360 g/mol. The van der Waals surface area contributed by atoms with E-state index < -0.39 is 5.63 Å². The average Bonchev–Trinajstić information content (AvgIpc) is 2.53. The van der Waals surface area contributed by atoms with Crippen LogP contribution in [-0.4, -0.2) is 17.6 Å². The number of pyridine rings is 1. The summed E-state index contributed by atoms with van der Waals surface area (Å²) in [6, 6.07) is 5.42. The van der Waals surface area contributed by atoms with Crippen LogP contribution in [0.25, 0.3) is 21.7 Å². The van der Waals surface area contributed by atoms with Gasteiger partial charge in [-0.05, 0) is 38.3 Å². The van der Waals surface area contributed by atoms with E-state index in [1.807, 2.05) is 19.9 Å². The van der Waals surface area contributed by atoms with Crippen molar-refractivity contribution < 1.29 is 9.15 Å². The maximum absolute atomic E-state index is 12.2. The van der Waals surface area contributed by atoms with E-state index in [0.29, 0.717) is 34.3 Å². The number of halogens is 1.